The fourth-order valence-corrected chi connectivity index (χ4v) is 5.68. The highest BCUT2D eigenvalue weighted by Crippen LogP contribution is 2.30. The summed E-state index contributed by atoms with van der Waals surface area (Å²) in [5.41, 5.74) is 6.63. The number of carbonyl (C=O) groups excluding carboxylic acids is 1. The molecule has 2 aromatic carbocycles. The molecule has 202 valence electrons. The number of aryl methyl sites for hydroxylation is 1. The van der Waals surface area contributed by atoms with Crippen molar-refractivity contribution in [3.63, 3.8) is 0 Å². The fourth-order valence-electron chi connectivity index (χ4n) is 5.52. The van der Waals surface area contributed by atoms with E-state index in [-0.39, 0.29) is 12.5 Å². The van der Waals surface area contributed by atoms with Crippen LogP contribution in [0.4, 0.5) is 5.69 Å². The molecule has 1 N–H and O–H groups in total. The van der Waals surface area contributed by atoms with Crippen molar-refractivity contribution in [1.29, 1.82) is 0 Å². The normalized spacial score (nSPS) is 14.7. The van der Waals surface area contributed by atoms with Crippen LogP contribution in [0.15, 0.2) is 72.0 Å². The van der Waals surface area contributed by atoms with Gasteiger partial charge in [-0.15, -0.1) is 0 Å². The van der Waals surface area contributed by atoms with Gasteiger partial charge in [-0.1, -0.05) is 60.1 Å². The maximum atomic E-state index is 13.1. The van der Waals surface area contributed by atoms with Gasteiger partial charge < -0.3 is 10.2 Å². The summed E-state index contributed by atoms with van der Waals surface area (Å²) in [7, 11) is 0. The molecule has 0 aliphatic carbocycles. The summed E-state index contributed by atoms with van der Waals surface area (Å²) >= 11 is 6.17. The molecule has 0 bridgehead atoms. The van der Waals surface area contributed by atoms with Crippen LogP contribution in [0.3, 0.4) is 0 Å². The van der Waals surface area contributed by atoms with Crippen molar-refractivity contribution in [2.45, 2.75) is 58.0 Å². The van der Waals surface area contributed by atoms with Crippen molar-refractivity contribution in [3.8, 4) is 0 Å². The van der Waals surface area contributed by atoms with Crippen LogP contribution in [0.1, 0.15) is 71.4 Å². The molecule has 3 heterocycles. The third kappa shape index (κ3) is 6.31. The molecule has 1 aliphatic heterocycles. The van der Waals surface area contributed by atoms with Gasteiger partial charge in [-0.25, -0.2) is 4.98 Å². The number of anilines is 1. The molecular formula is C31H34ClN5O2. The maximum absolute atomic E-state index is 13.1. The minimum atomic E-state index is -0.154. The predicted molar refractivity (Wildman–Crippen MR) is 157 cm³/mol. The largest absolute Gasteiger partial charge is 0.372 e. The van der Waals surface area contributed by atoms with Crippen molar-refractivity contribution in [2.75, 3.05) is 18.0 Å². The number of nitrogens with zero attached hydrogens (tertiary/aromatic N) is 4. The van der Waals surface area contributed by atoms with Crippen LogP contribution in [0.5, 0.6) is 0 Å². The average molecular weight is 544 g/mol. The van der Waals surface area contributed by atoms with Crippen molar-refractivity contribution < 1.29 is 4.79 Å². The van der Waals surface area contributed by atoms with E-state index < -0.39 is 0 Å². The SMILES string of the molecule is CCc1nc2ccc(Cl)cn2c1C(=O)NCc1ccc(N2CCCC(c3ccc(CN=O)cc3)CCC2)cc1. The van der Waals surface area contributed by atoms with E-state index in [1.54, 1.807) is 16.7 Å². The summed E-state index contributed by atoms with van der Waals surface area (Å²) in [6.07, 6.45) is 6.97. The van der Waals surface area contributed by atoms with Gasteiger partial charge in [-0.2, -0.15) is 4.91 Å². The third-order valence-electron chi connectivity index (χ3n) is 7.62. The summed E-state index contributed by atoms with van der Waals surface area (Å²) in [6, 6.07) is 20.5. The van der Waals surface area contributed by atoms with E-state index >= 15 is 0 Å². The van der Waals surface area contributed by atoms with Crippen molar-refractivity contribution in [3.05, 3.63) is 105 Å². The van der Waals surface area contributed by atoms with E-state index in [0.717, 1.165) is 61.2 Å². The Morgan fingerprint density at radius 1 is 1.00 bits per heavy atom. The van der Waals surface area contributed by atoms with E-state index in [1.807, 2.05) is 25.1 Å². The van der Waals surface area contributed by atoms with Crippen molar-refractivity contribution >= 4 is 28.8 Å². The number of imidazole rings is 1. The molecule has 0 atom stereocenters. The molecule has 2 aromatic heterocycles. The summed E-state index contributed by atoms with van der Waals surface area (Å²) in [5.74, 6) is 0.410. The second-order valence-corrected chi connectivity index (χ2v) is 10.6. The predicted octanol–water partition coefficient (Wildman–Crippen LogP) is 6.91. The lowest BCUT2D eigenvalue weighted by Gasteiger charge is -2.30. The van der Waals surface area contributed by atoms with Crippen LogP contribution in [0.2, 0.25) is 5.02 Å². The molecule has 0 radical (unpaired) electrons. The van der Waals surface area contributed by atoms with E-state index in [4.69, 9.17) is 11.6 Å². The van der Waals surface area contributed by atoms with Gasteiger partial charge in [0.2, 0.25) is 0 Å². The molecule has 1 amide bonds. The van der Waals surface area contributed by atoms with Crippen LogP contribution in [0, 0.1) is 4.91 Å². The molecule has 5 rings (SSSR count). The lowest BCUT2D eigenvalue weighted by Crippen LogP contribution is -2.28. The first-order valence-corrected chi connectivity index (χ1v) is 14.1. The Morgan fingerprint density at radius 2 is 1.69 bits per heavy atom. The maximum Gasteiger partial charge on any atom is 0.270 e. The summed E-state index contributed by atoms with van der Waals surface area (Å²) in [6.45, 7) is 4.73. The van der Waals surface area contributed by atoms with E-state index in [2.05, 4.69) is 56.8 Å². The van der Waals surface area contributed by atoms with E-state index in [0.29, 0.717) is 29.6 Å². The van der Waals surface area contributed by atoms with Gasteiger partial charge in [0.25, 0.3) is 5.91 Å². The first kappa shape index (κ1) is 26.9. The van der Waals surface area contributed by atoms with E-state index in [1.165, 1.54) is 11.3 Å². The number of aromatic nitrogens is 2. The number of amides is 1. The molecular weight excluding hydrogens is 510 g/mol. The average Bonchev–Trinajstić information content (AvgIpc) is 3.31. The molecule has 8 heteroatoms. The van der Waals surface area contributed by atoms with Gasteiger partial charge in [-0.3, -0.25) is 9.20 Å². The number of fused-ring (bicyclic) bond motifs is 1. The van der Waals surface area contributed by atoms with E-state index in [9.17, 15) is 9.70 Å². The van der Waals surface area contributed by atoms with Crippen LogP contribution >= 0.6 is 11.6 Å². The Morgan fingerprint density at radius 3 is 2.36 bits per heavy atom. The zero-order valence-corrected chi connectivity index (χ0v) is 23.0. The highest BCUT2D eigenvalue weighted by atomic mass is 35.5. The molecule has 0 saturated carbocycles. The molecule has 0 spiro atoms. The molecule has 39 heavy (non-hydrogen) atoms. The smallest absolute Gasteiger partial charge is 0.270 e. The van der Waals surface area contributed by atoms with Crippen LogP contribution < -0.4 is 10.2 Å². The quantitative estimate of drug-likeness (QED) is 0.245. The first-order chi connectivity index (χ1) is 19.1. The number of nitroso groups, excluding NO2 is 1. The highest BCUT2D eigenvalue weighted by molar-refractivity contribution is 6.30. The van der Waals surface area contributed by atoms with Crippen LogP contribution in [0.25, 0.3) is 5.65 Å². The van der Waals surface area contributed by atoms with Crippen molar-refractivity contribution in [1.82, 2.24) is 14.7 Å². The Hall–Kier alpha value is -3.71. The number of carbonyl (C=O) groups is 1. The summed E-state index contributed by atoms with van der Waals surface area (Å²) in [5, 5.41) is 6.61. The van der Waals surface area contributed by atoms with Gasteiger partial charge >= 0.3 is 0 Å². The lowest BCUT2D eigenvalue weighted by molar-refractivity contribution is 0.0944. The van der Waals surface area contributed by atoms with Gasteiger partial charge in [0.15, 0.2) is 0 Å². The van der Waals surface area contributed by atoms with Crippen LogP contribution in [-0.2, 0) is 19.5 Å². The lowest BCUT2D eigenvalue weighted by atomic mass is 9.88. The third-order valence-corrected chi connectivity index (χ3v) is 7.84. The van der Waals surface area contributed by atoms with Gasteiger partial charge in [0, 0.05) is 31.5 Å². The number of halogens is 1. The standard InChI is InChI=1S/C31H34ClN5O2/c1-2-28-30(37-21-26(32)13-16-29(37)35-28)31(38)33-19-22-9-14-27(15-10-22)36-17-3-5-24(6-4-18-36)25-11-7-23(8-12-25)20-34-39/h7-16,21,24H,2-6,17-20H2,1H3,(H,33,38). The number of rotatable bonds is 8. The number of nitrogens with one attached hydrogen (secondary N) is 1. The molecule has 4 aromatic rings. The second-order valence-electron chi connectivity index (χ2n) is 10.2. The number of pyridine rings is 1. The molecule has 1 aliphatic rings. The van der Waals surface area contributed by atoms with Crippen LogP contribution in [-0.4, -0.2) is 28.4 Å². The van der Waals surface area contributed by atoms with Gasteiger partial charge in [-0.05, 0) is 79.0 Å². The zero-order chi connectivity index (χ0) is 27.2. The Labute approximate surface area is 234 Å². The molecule has 1 fully saturated rings. The Bertz CT molecular complexity index is 1420. The number of benzene rings is 2. The molecule has 0 unspecified atom stereocenters. The fraction of sp³-hybridized carbons (Fsp3) is 0.355. The topological polar surface area (TPSA) is 79.1 Å². The highest BCUT2D eigenvalue weighted by Gasteiger charge is 2.19. The van der Waals surface area contributed by atoms with Gasteiger partial charge in [0.1, 0.15) is 17.9 Å². The zero-order valence-electron chi connectivity index (χ0n) is 22.3. The monoisotopic (exact) mass is 543 g/mol. The van der Waals surface area contributed by atoms with Crippen molar-refractivity contribution in [2.24, 2.45) is 5.18 Å². The summed E-state index contributed by atoms with van der Waals surface area (Å²) in [4.78, 5) is 30.7. The number of hydrogen-bond acceptors (Lipinski definition) is 5. The molecule has 1 saturated heterocycles. The minimum Gasteiger partial charge on any atom is -0.372 e. The molecule has 7 nitrogen and oxygen atoms in total. The second kappa shape index (κ2) is 12.4. The Kier molecular flexibility index (Phi) is 8.57. The summed E-state index contributed by atoms with van der Waals surface area (Å²) < 4.78 is 1.77. The van der Waals surface area contributed by atoms with Gasteiger partial charge in [0.05, 0.1) is 10.7 Å². The minimum absolute atomic E-state index is 0.154. The number of hydrogen-bond donors (Lipinski definition) is 1. The Balaban J connectivity index is 1.16. The first-order valence-electron chi connectivity index (χ1n) is 13.7.